The largest absolute Gasteiger partial charge is 0.333 e. The molecule has 0 spiro atoms. The van der Waals surface area contributed by atoms with Crippen LogP contribution < -0.4 is 15.5 Å². The van der Waals surface area contributed by atoms with E-state index in [1.807, 2.05) is 46.7 Å². The second kappa shape index (κ2) is 7.28. The molecule has 23 heavy (non-hydrogen) atoms. The molecule has 2 aromatic rings. The molecule has 3 rings (SSSR count). The summed E-state index contributed by atoms with van der Waals surface area (Å²) in [6, 6.07) is 11.1. The van der Waals surface area contributed by atoms with E-state index in [2.05, 4.69) is 10.6 Å². The maximum absolute atomic E-state index is 11.9. The molecule has 6 heteroatoms. The lowest BCUT2D eigenvalue weighted by molar-refractivity contribution is -0.119. The number of urea groups is 1. The number of carbonyl (C=O) groups excluding carboxylic acids is 2. The first-order valence-electron chi connectivity index (χ1n) is 7.70. The molecule has 0 unspecified atom stereocenters. The summed E-state index contributed by atoms with van der Waals surface area (Å²) in [6.07, 6.45) is 2.63. The van der Waals surface area contributed by atoms with Crippen LogP contribution in [0, 0.1) is 0 Å². The van der Waals surface area contributed by atoms with E-state index in [9.17, 15) is 9.59 Å². The molecule has 2 heterocycles. The second-order valence-corrected chi connectivity index (χ2v) is 6.47. The van der Waals surface area contributed by atoms with Crippen molar-refractivity contribution in [2.24, 2.45) is 0 Å². The Morgan fingerprint density at radius 1 is 1.17 bits per heavy atom. The Hall–Kier alpha value is -2.34. The van der Waals surface area contributed by atoms with Crippen LogP contribution in [-0.4, -0.2) is 18.5 Å². The quantitative estimate of drug-likeness (QED) is 0.900. The fourth-order valence-electron chi connectivity index (χ4n) is 2.56. The van der Waals surface area contributed by atoms with Crippen LogP contribution >= 0.6 is 11.3 Å². The first kappa shape index (κ1) is 15.6. The van der Waals surface area contributed by atoms with Gasteiger partial charge in [0.15, 0.2) is 0 Å². The van der Waals surface area contributed by atoms with E-state index in [0.717, 1.165) is 30.0 Å². The summed E-state index contributed by atoms with van der Waals surface area (Å²) < 4.78 is 0. The van der Waals surface area contributed by atoms with E-state index in [4.69, 9.17) is 0 Å². The maximum atomic E-state index is 11.9. The zero-order valence-corrected chi connectivity index (χ0v) is 13.6. The minimum Gasteiger partial charge on any atom is -0.333 e. The van der Waals surface area contributed by atoms with Gasteiger partial charge in [-0.15, -0.1) is 11.3 Å². The lowest BCUT2D eigenvalue weighted by Crippen LogP contribution is -2.35. The van der Waals surface area contributed by atoms with Crippen molar-refractivity contribution in [3.8, 4) is 0 Å². The lowest BCUT2D eigenvalue weighted by Gasteiger charge is -2.26. The van der Waals surface area contributed by atoms with Crippen LogP contribution in [0.2, 0.25) is 0 Å². The molecule has 0 aliphatic carbocycles. The SMILES string of the molecule is O=C(NCc1cccs1)Nc1ccc(N2CCCCC2=O)cc1. The number of hydrogen-bond donors (Lipinski definition) is 2. The minimum absolute atomic E-state index is 0.172. The highest BCUT2D eigenvalue weighted by molar-refractivity contribution is 7.09. The molecule has 1 aliphatic rings. The van der Waals surface area contributed by atoms with Crippen molar-refractivity contribution in [2.45, 2.75) is 25.8 Å². The summed E-state index contributed by atoms with van der Waals surface area (Å²) in [5, 5.41) is 7.59. The highest BCUT2D eigenvalue weighted by Gasteiger charge is 2.19. The van der Waals surface area contributed by atoms with Crippen molar-refractivity contribution in [1.82, 2.24) is 5.32 Å². The van der Waals surface area contributed by atoms with Crippen molar-refractivity contribution in [2.75, 3.05) is 16.8 Å². The van der Waals surface area contributed by atoms with Crippen molar-refractivity contribution in [3.63, 3.8) is 0 Å². The Kier molecular flexibility index (Phi) is 4.92. The predicted molar refractivity (Wildman–Crippen MR) is 92.8 cm³/mol. The molecule has 0 radical (unpaired) electrons. The molecule has 0 saturated carbocycles. The Balaban J connectivity index is 1.54. The van der Waals surface area contributed by atoms with Gasteiger partial charge in [-0.2, -0.15) is 0 Å². The molecule has 1 aromatic carbocycles. The third-order valence-electron chi connectivity index (χ3n) is 3.76. The summed E-state index contributed by atoms with van der Waals surface area (Å²) in [5.41, 5.74) is 1.60. The number of thiophene rings is 1. The number of rotatable bonds is 4. The van der Waals surface area contributed by atoms with E-state index >= 15 is 0 Å². The third-order valence-corrected chi connectivity index (χ3v) is 4.64. The van der Waals surface area contributed by atoms with Gasteiger partial charge in [0.2, 0.25) is 5.91 Å². The smallest absolute Gasteiger partial charge is 0.319 e. The van der Waals surface area contributed by atoms with Crippen LogP contribution in [0.25, 0.3) is 0 Å². The number of piperidine rings is 1. The minimum atomic E-state index is -0.236. The Morgan fingerprint density at radius 3 is 2.70 bits per heavy atom. The van der Waals surface area contributed by atoms with E-state index in [1.165, 1.54) is 0 Å². The van der Waals surface area contributed by atoms with Crippen LogP contribution in [0.5, 0.6) is 0 Å². The molecule has 5 nitrogen and oxygen atoms in total. The summed E-state index contributed by atoms with van der Waals surface area (Å²) in [7, 11) is 0. The number of carbonyl (C=O) groups is 2. The zero-order valence-electron chi connectivity index (χ0n) is 12.7. The highest BCUT2D eigenvalue weighted by Crippen LogP contribution is 2.22. The lowest BCUT2D eigenvalue weighted by atomic mass is 10.1. The number of anilines is 2. The summed E-state index contributed by atoms with van der Waals surface area (Å²) in [5.74, 6) is 0.172. The van der Waals surface area contributed by atoms with Crippen molar-refractivity contribution in [1.29, 1.82) is 0 Å². The van der Waals surface area contributed by atoms with Crippen molar-refractivity contribution in [3.05, 3.63) is 46.7 Å². The number of benzene rings is 1. The van der Waals surface area contributed by atoms with Gasteiger partial charge in [-0.05, 0) is 48.6 Å². The summed E-state index contributed by atoms with van der Waals surface area (Å²) in [6.45, 7) is 1.29. The van der Waals surface area contributed by atoms with Gasteiger partial charge < -0.3 is 15.5 Å². The number of hydrogen-bond acceptors (Lipinski definition) is 3. The monoisotopic (exact) mass is 329 g/mol. The van der Waals surface area contributed by atoms with Crippen LogP contribution in [0.1, 0.15) is 24.1 Å². The Morgan fingerprint density at radius 2 is 2.00 bits per heavy atom. The van der Waals surface area contributed by atoms with Gasteiger partial charge in [0.05, 0.1) is 6.54 Å². The average Bonchev–Trinajstić information content (AvgIpc) is 3.08. The first-order chi connectivity index (χ1) is 11.2. The van der Waals surface area contributed by atoms with Crippen LogP contribution in [0.4, 0.5) is 16.2 Å². The number of nitrogens with one attached hydrogen (secondary N) is 2. The molecule has 0 atom stereocenters. The summed E-state index contributed by atoms with van der Waals surface area (Å²) in [4.78, 5) is 26.7. The van der Waals surface area contributed by atoms with Crippen molar-refractivity contribution >= 4 is 34.6 Å². The normalized spacial score (nSPS) is 14.6. The first-order valence-corrected chi connectivity index (χ1v) is 8.58. The molecule has 2 N–H and O–H groups in total. The number of amides is 3. The zero-order chi connectivity index (χ0) is 16.1. The molecule has 1 aromatic heterocycles. The average molecular weight is 329 g/mol. The molecule has 120 valence electrons. The molecular formula is C17H19N3O2S. The maximum Gasteiger partial charge on any atom is 0.319 e. The molecule has 0 bridgehead atoms. The van der Waals surface area contributed by atoms with E-state index in [1.54, 1.807) is 11.3 Å². The van der Waals surface area contributed by atoms with Gasteiger partial charge in [0, 0.05) is 29.2 Å². The summed E-state index contributed by atoms with van der Waals surface area (Å²) >= 11 is 1.61. The van der Waals surface area contributed by atoms with Gasteiger partial charge in [-0.25, -0.2) is 4.79 Å². The van der Waals surface area contributed by atoms with Gasteiger partial charge >= 0.3 is 6.03 Å². The van der Waals surface area contributed by atoms with Gasteiger partial charge in [-0.3, -0.25) is 4.79 Å². The third kappa shape index (κ3) is 4.10. The topological polar surface area (TPSA) is 61.4 Å². The van der Waals surface area contributed by atoms with Gasteiger partial charge in [0.25, 0.3) is 0 Å². The molecule has 3 amide bonds. The van der Waals surface area contributed by atoms with Crippen molar-refractivity contribution < 1.29 is 9.59 Å². The standard InChI is InChI=1S/C17H19N3O2S/c21-16-5-1-2-10-20(16)14-8-6-13(7-9-14)19-17(22)18-12-15-4-3-11-23-15/h3-4,6-9,11H,1-2,5,10,12H2,(H2,18,19,22). The van der Waals surface area contributed by atoms with Gasteiger partial charge in [0.1, 0.15) is 0 Å². The van der Waals surface area contributed by atoms with Gasteiger partial charge in [-0.1, -0.05) is 6.07 Å². The molecule has 1 aliphatic heterocycles. The van der Waals surface area contributed by atoms with Crippen LogP contribution in [0.3, 0.4) is 0 Å². The van der Waals surface area contributed by atoms with E-state index < -0.39 is 0 Å². The fourth-order valence-corrected chi connectivity index (χ4v) is 3.20. The van der Waals surface area contributed by atoms with Crippen LogP contribution in [0.15, 0.2) is 41.8 Å². The molecule has 1 saturated heterocycles. The highest BCUT2D eigenvalue weighted by atomic mass is 32.1. The predicted octanol–water partition coefficient (Wildman–Crippen LogP) is 3.59. The number of nitrogens with zero attached hydrogens (tertiary/aromatic N) is 1. The van der Waals surface area contributed by atoms with E-state index in [0.29, 0.717) is 18.7 Å². The molecular weight excluding hydrogens is 310 g/mol. The fraction of sp³-hybridized carbons (Fsp3) is 0.294. The second-order valence-electron chi connectivity index (χ2n) is 5.44. The Labute approximate surface area is 139 Å². The van der Waals surface area contributed by atoms with Crippen LogP contribution in [-0.2, 0) is 11.3 Å². The molecule has 1 fully saturated rings. The van der Waals surface area contributed by atoms with E-state index in [-0.39, 0.29) is 11.9 Å². The Bertz CT molecular complexity index is 668.